The van der Waals surface area contributed by atoms with Crippen LogP contribution in [0.4, 0.5) is 17.1 Å². The fourth-order valence-electron chi connectivity index (χ4n) is 3.05. The molecule has 2 aromatic carbocycles. The van der Waals surface area contributed by atoms with Crippen LogP contribution in [0.15, 0.2) is 42.5 Å². The van der Waals surface area contributed by atoms with Gasteiger partial charge in [0, 0.05) is 18.5 Å². The molecule has 0 bridgehead atoms. The molecule has 4 nitrogen and oxygen atoms in total. The Bertz CT molecular complexity index is 712. The fourth-order valence-corrected chi connectivity index (χ4v) is 3.05. The fraction of sp³-hybridized carbons (Fsp3) is 0.235. The molecular weight excluding hydrogens is 264 g/mol. The first-order valence-electron chi connectivity index (χ1n) is 7.24. The second-order valence-electron chi connectivity index (χ2n) is 5.37. The van der Waals surface area contributed by atoms with Gasteiger partial charge in [-0.15, -0.1) is 0 Å². The van der Waals surface area contributed by atoms with Crippen LogP contribution in [0.5, 0.6) is 5.75 Å². The molecule has 0 radical (unpaired) electrons. The van der Waals surface area contributed by atoms with Crippen molar-refractivity contribution in [3.05, 3.63) is 48.0 Å². The maximum atomic E-state index is 11.9. The maximum absolute atomic E-state index is 11.9. The van der Waals surface area contributed by atoms with Gasteiger partial charge < -0.3 is 15.0 Å². The van der Waals surface area contributed by atoms with E-state index in [0.717, 1.165) is 41.3 Å². The normalized spacial score (nSPS) is 16.6. The number of carbonyl (C=O) groups excluding carboxylic acids is 1. The van der Waals surface area contributed by atoms with Crippen molar-refractivity contribution in [3.63, 3.8) is 0 Å². The highest BCUT2D eigenvalue weighted by atomic mass is 16.5. The van der Waals surface area contributed by atoms with E-state index in [-0.39, 0.29) is 5.91 Å². The molecule has 0 aromatic heterocycles. The van der Waals surface area contributed by atoms with Gasteiger partial charge in [0.15, 0.2) is 0 Å². The molecule has 4 rings (SSSR count). The van der Waals surface area contributed by atoms with Crippen molar-refractivity contribution >= 4 is 23.0 Å². The minimum Gasteiger partial charge on any atom is -0.487 e. The van der Waals surface area contributed by atoms with E-state index in [0.29, 0.717) is 13.0 Å². The summed E-state index contributed by atoms with van der Waals surface area (Å²) in [7, 11) is 0. The number of anilines is 3. The lowest BCUT2D eigenvalue weighted by atomic mass is 10.1. The van der Waals surface area contributed by atoms with Crippen molar-refractivity contribution < 1.29 is 9.53 Å². The van der Waals surface area contributed by atoms with Crippen molar-refractivity contribution in [1.29, 1.82) is 0 Å². The van der Waals surface area contributed by atoms with Gasteiger partial charge in [-0.05, 0) is 24.6 Å². The second-order valence-corrected chi connectivity index (χ2v) is 5.37. The molecule has 0 unspecified atom stereocenters. The Kier molecular flexibility index (Phi) is 2.81. The van der Waals surface area contributed by atoms with Crippen molar-refractivity contribution in [2.24, 2.45) is 0 Å². The molecule has 0 atom stereocenters. The molecule has 0 aliphatic carbocycles. The number of carbonyl (C=O) groups is 1. The molecule has 1 amide bonds. The van der Waals surface area contributed by atoms with Crippen molar-refractivity contribution in [2.45, 2.75) is 19.4 Å². The highest BCUT2D eigenvalue weighted by Gasteiger charge is 2.26. The Labute approximate surface area is 123 Å². The Balaban J connectivity index is 1.94. The molecule has 0 spiro atoms. The van der Waals surface area contributed by atoms with E-state index in [1.54, 1.807) is 0 Å². The summed E-state index contributed by atoms with van der Waals surface area (Å²) in [5.41, 5.74) is 4.11. The summed E-state index contributed by atoms with van der Waals surface area (Å²) < 4.78 is 5.94. The van der Waals surface area contributed by atoms with Crippen LogP contribution in [0.25, 0.3) is 0 Å². The van der Waals surface area contributed by atoms with E-state index in [4.69, 9.17) is 4.74 Å². The van der Waals surface area contributed by atoms with Crippen LogP contribution in [-0.2, 0) is 11.4 Å². The summed E-state index contributed by atoms with van der Waals surface area (Å²) in [6.45, 7) is 1.34. The lowest BCUT2D eigenvalue weighted by molar-refractivity contribution is -0.116. The summed E-state index contributed by atoms with van der Waals surface area (Å²) >= 11 is 0. The third-order valence-corrected chi connectivity index (χ3v) is 3.99. The summed E-state index contributed by atoms with van der Waals surface area (Å²) in [6, 6.07) is 14.1. The molecule has 2 aliphatic heterocycles. The molecule has 2 aromatic rings. The number of rotatable bonds is 0. The number of para-hydroxylation sites is 3. The first-order valence-corrected chi connectivity index (χ1v) is 7.24. The predicted molar refractivity (Wildman–Crippen MR) is 82.1 cm³/mol. The van der Waals surface area contributed by atoms with Crippen LogP contribution in [-0.4, -0.2) is 12.5 Å². The van der Waals surface area contributed by atoms with E-state index >= 15 is 0 Å². The van der Waals surface area contributed by atoms with Gasteiger partial charge in [0.1, 0.15) is 12.4 Å². The summed E-state index contributed by atoms with van der Waals surface area (Å²) in [4.78, 5) is 14.2. The van der Waals surface area contributed by atoms with Crippen LogP contribution in [0.1, 0.15) is 18.4 Å². The first-order chi connectivity index (χ1) is 10.3. The Morgan fingerprint density at radius 1 is 1.10 bits per heavy atom. The number of nitrogens with one attached hydrogen (secondary N) is 1. The lowest BCUT2D eigenvalue weighted by Crippen LogP contribution is -2.26. The molecule has 0 saturated carbocycles. The first kappa shape index (κ1) is 12.3. The van der Waals surface area contributed by atoms with Crippen molar-refractivity contribution in [1.82, 2.24) is 0 Å². The zero-order valence-electron chi connectivity index (χ0n) is 11.6. The van der Waals surface area contributed by atoms with Gasteiger partial charge in [-0.25, -0.2) is 0 Å². The van der Waals surface area contributed by atoms with Crippen LogP contribution in [0.2, 0.25) is 0 Å². The zero-order chi connectivity index (χ0) is 14.2. The lowest BCUT2D eigenvalue weighted by Gasteiger charge is -2.29. The van der Waals surface area contributed by atoms with Gasteiger partial charge in [-0.1, -0.05) is 24.3 Å². The van der Waals surface area contributed by atoms with Crippen LogP contribution < -0.4 is 15.0 Å². The third-order valence-electron chi connectivity index (χ3n) is 3.99. The Morgan fingerprint density at radius 2 is 2.00 bits per heavy atom. The molecular formula is C17H16N2O2. The third kappa shape index (κ3) is 2.03. The van der Waals surface area contributed by atoms with Crippen molar-refractivity contribution in [3.8, 4) is 5.75 Å². The number of hydrogen-bond donors (Lipinski definition) is 1. The summed E-state index contributed by atoms with van der Waals surface area (Å²) in [6.07, 6.45) is 1.37. The number of nitrogens with zero attached hydrogens (tertiary/aromatic N) is 1. The SMILES string of the molecule is O=C1CCCN2c3ccccc3OCc3cccc(c32)N1. The van der Waals surface area contributed by atoms with E-state index in [1.165, 1.54) is 0 Å². The summed E-state index contributed by atoms with van der Waals surface area (Å²) in [5.74, 6) is 0.980. The highest BCUT2D eigenvalue weighted by Crippen LogP contribution is 2.43. The quantitative estimate of drug-likeness (QED) is 0.803. The predicted octanol–water partition coefficient (Wildman–Crippen LogP) is 3.45. The number of amides is 1. The Hall–Kier alpha value is -2.49. The maximum Gasteiger partial charge on any atom is 0.224 e. The van der Waals surface area contributed by atoms with Gasteiger partial charge in [-0.3, -0.25) is 4.79 Å². The number of benzene rings is 2. The van der Waals surface area contributed by atoms with E-state index in [9.17, 15) is 4.79 Å². The van der Waals surface area contributed by atoms with Crippen LogP contribution >= 0.6 is 0 Å². The van der Waals surface area contributed by atoms with Gasteiger partial charge >= 0.3 is 0 Å². The monoisotopic (exact) mass is 280 g/mol. The molecule has 2 aliphatic rings. The average molecular weight is 280 g/mol. The molecule has 2 heterocycles. The second kappa shape index (κ2) is 4.81. The molecule has 0 fully saturated rings. The topological polar surface area (TPSA) is 41.6 Å². The van der Waals surface area contributed by atoms with Crippen LogP contribution in [0.3, 0.4) is 0 Å². The minimum atomic E-state index is 0.0847. The Morgan fingerprint density at radius 3 is 2.95 bits per heavy atom. The number of hydrogen-bond acceptors (Lipinski definition) is 3. The number of fused-ring (bicyclic) bond motifs is 2. The van der Waals surface area contributed by atoms with Gasteiger partial charge in [0.05, 0.1) is 17.1 Å². The van der Waals surface area contributed by atoms with Crippen LogP contribution in [0, 0.1) is 0 Å². The molecule has 106 valence electrons. The smallest absolute Gasteiger partial charge is 0.224 e. The van der Waals surface area contributed by atoms with Gasteiger partial charge in [-0.2, -0.15) is 0 Å². The molecule has 4 heteroatoms. The summed E-state index contributed by atoms with van der Waals surface area (Å²) in [5, 5.41) is 3.02. The van der Waals surface area contributed by atoms with Gasteiger partial charge in [0.2, 0.25) is 5.91 Å². The van der Waals surface area contributed by atoms with E-state index in [1.807, 2.05) is 30.3 Å². The largest absolute Gasteiger partial charge is 0.487 e. The minimum absolute atomic E-state index is 0.0847. The highest BCUT2D eigenvalue weighted by molar-refractivity contribution is 5.97. The van der Waals surface area contributed by atoms with E-state index in [2.05, 4.69) is 22.3 Å². The molecule has 1 N–H and O–H groups in total. The molecule has 21 heavy (non-hydrogen) atoms. The standard InChI is InChI=1S/C17H16N2O2/c20-16-9-4-10-19-14-7-1-2-8-15(14)21-11-12-5-3-6-13(18-16)17(12)19/h1-3,5-8H,4,9-11H2,(H,18,20). The molecule has 0 saturated heterocycles. The van der Waals surface area contributed by atoms with E-state index < -0.39 is 0 Å². The average Bonchev–Trinajstić information content (AvgIpc) is 2.64. The zero-order valence-corrected chi connectivity index (χ0v) is 11.6. The number of ether oxygens (including phenoxy) is 1. The van der Waals surface area contributed by atoms with Gasteiger partial charge in [0.25, 0.3) is 0 Å². The van der Waals surface area contributed by atoms with Crippen molar-refractivity contribution in [2.75, 3.05) is 16.8 Å².